The van der Waals surface area contributed by atoms with E-state index < -0.39 is 18.1 Å². The molecule has 2 N–H and O–H groups in total. The molecular formula is C11H21NO4. The van der Waals surface area contributed by atoms with E-state index in [0.717, 1.165) is 0 Å². The van der Waals surface area contributed by atoms with Crippen molar-refractivity contribution in [2.24, 2.45) is 11.8 Å². The van der Waals surface area contributed by atoms with E-state index in [2.05, 4.69) is 5.32 Å². The molecule has 0 unspecified atom stereocenters. The third kappa shape index (κ3) is 7.09. The molecule has 0 saturated carbocycles. The van der Waals surface area contributed by atoms with Crippen molar-refractivity contribution in [1.29, 1.82) is 0 Å². The Bertz CT molecular complexity index is 238. The number of aliphatic carboxylic acids is 1. The van der Waals surface area contributed by atoms with Crippen molar-refractivity contribution in [1.82, 2.24) is 5.32 Å². The average Bonchev–Trinajstić information content (AvgIpc) is 2.12. The fraction of sp³-hybridized carbons (Fsp3) is 0.818. The predicted molar refractivity (Wildman–Crippen MR) is 60.2 cm³/mol. The molecule has 16 heavy (non-hydrogen) atoms. The molecule has 5 heteroatoms. The normalized spacial score (nSPS) is 12.6. The molecule has 0 aromatic heterocycles. The lowest BCUT2D eigenvalue weighted by atomic mass is 10.0. The van der Waals surface area contributed by atoms with Crippen LogP contribution < -0.4 is 5.32 Å². The molecule has 5 nitrogen and oxygen atoms in total. The summed E-state index contributed by atoms with van der Waals surface area (Å²) in [5.74, 6) is -0.596. The first kappa shape index (κ1) is 14.7. The second-order valence-electron chi connectivity index (χ2n) is 4.66. The SMILES string of the molecule is CC(C)COC(=O)N[C@H](CC(C)C)C(=O)O. The lowest BCUT2D eigenvalue weighted by molar-refractivity contribution is -0.139. The summed E-state index contributed by atoms with van der Waals surface area (Å²) < 4.78 is 4.85. The summed E-state index contributed by atoms with van der Waals surface area (Å²) in [4.78, 5) is 22.1. The van der Waals surface area contributed by atoms with Crippen molar-refractivity contribution < 1.29 is 19.4 Å². The standard InChI is InChI=1S/C11H21NO4/c1-7(2)5-9(10(13)14)12-11(15)16-6-8(3)4/h7-9H,5-6H2,1-4H3,(H,12,15)(H,13,14)/t9-/m1/s1. The van der Waals surface area contributed by atoms with Gasteiger partial charge in [-0.1, -0.05) is 27.7 Å². The lowest BCUT2D eigenvalue weighted by Crippen LogP contribution is -2.42. The highest BCUT2D eigenvalue weighted by Gasteiger charge is 2.21. The number of hydrogen-bond acceptors (Lipinski definition) is 3. The van der Waals surface area contributed by atoms with E-state index in [4.69, 9.17) is 9.84 Å². The van der Waals surface area contributed by atoms with Gasteiger partial charge in [0.05, 0.1) is 6.61 Å². The number of carboxylic acid groups (broad SMARTS) is 1. The molecule has 94 valence electrons. The van der Waals surface area contributed by atoms with Gasteiger partial charge in [0, 0.05) is 0 Å². The Morgan fingerprint density at radius 1 is 1.19 bits per heavy atom. The molecular weight excluding hydrogens is 210 g/mol. The molecule has 0 heterocycles. The van der Waals surface area contributed by atoms with Gasteiger partial charge < -0.3 is 15.2 Å². The summed E-state index contributed by atoms with van der Waals surface area (Å²) in [6, 6.07) is -0.875. The minimum Gasteiger partial charge on any atom is -0.480 e. The van der Waals surface area contributed by atoms with Gasteiger partial charge in [-0.15, -0.1) is 0 Å². The van der Waals surface area contributed by atoms with Crippen LogP contribution in [0.15, 0.2) is 0 Å². The summed E-state index contributed by atoms with van der Waals surface area (Å²) in [5.41, 5.74) is 0. The van der Waals surface area contributed by atoms with E-state index in [-0.39, 0.29) is 11.8 Å². The Balaban J connectivity index is 4.08. The molecule has 0 aromatic carbocycles. The molecule has 0 saturated heterocycles. The Morgan fingerprint density at radius 3 is 2.12 bits per heavy atom. The van der Waals surface area contributed by atoms with E-state index in [0.29, 0.717) is 13.0 Å². The van der Waals surface area contributed by atoms with Crippen molar-refractivity contribution in [3.63, 3.8) is 0 Å². The number of carboxylic acids is 1. The van der Waals surface area contributed by atoms with Crippen LogP contribution in [0.3, 0.4) is 0 Å². The summed E-state index contributed by atoms with van der Waals surface area (Å²) in [7, 11) is 0. The topological polar surface area (TPSA) is 75.6 Å². The van der Waals surface area contributed by atoms with Gasteiger partial charge in [0.2, 0.25) is 0 Å². The number of rotatable bonds is 6. The Kier molecular flexibility index (Phi) is 6.53. The van der Waals surface area contributed by atoms with Crippen LogP contribution in [0.1, 0.15) is 34.1 Å². The van der Waals surface area contributed by atoms with Gasteiger partial charge in [-0.3, -0.25) is 0 Å². The molecule has 0 aliphatic rings. The third-order valence-corrected chi connectivity index (χ3v) is 1.85. The lowest BCUT2D eigenvalue weighted by Gasteiger charge is -2.16. The summed E-state index contributed by atoms with van der Waals surface area (Å²) in [6.45, 7) is 7.92. The van der Waals surface area contributed by atoms with Gasteiger partial charge in [0.25, 0.3) is 0 Å². The smallest absolute Gasteiger partial charge is 0.407 e. The number of carbonyl (C=O) groups is 2. The predicted octanol–water partition coefficient (Wildman–Crippen LogP) is 1.87. The molecule has 1 amide bonds. The molecule has 1 atom stereocenters. The van der Waals surface area contributed by atoms with E-state index in [1.165, 1.54) is 0 Å². The van der Waals surface area contributed by atoms with Crippen molar-refractivity contribution in [2.75, 3.05) is 6.61 Å². The maximum Gasteiger partial charge on any atom is 0.407 e. The van der Waals surface area contributed by atoms with E-state index in [1.807, 2.05) is 27.7 Å². The van der Waals surface area contributed by atoms with Crippen LogP contribution in [-0.4, -0.2) is 29.8 Å². The van der Waals surface area contributed by atoms with Gasteiger partial charge in [-0.05, 0) is 18.3 Å². The largest absolute Gasteiger partial charge is 0.480 e. The average molecular weight is 231 g/mol. The molecule has 0 rings (SSSR count). The molecule has 0 fully saturated rings. The van der Waals surface area contributed by atoms with Crippen LogP contribution in [0, 0.1) is 11.8 Å². The van der Waals surface area contributed by atoms with Crippen LogP contribution in [0.5, 0.6) is 0 Å². The second-order valence-corrected chi connectivity index (χ2v) is 4.66. The van der Waals surface area contributed by atoms with E-state index in [9.17, 15) is 9.59 Å². The van der Waals surface area contributed by atoms with Gasteiger partial charge in [-0.25, -0.2) is 9.59 Å². The van der Waals surface area contributed by atoms with E-state index >= 15 is 0 Å². The Morgan fingerprint density at radius 2 is 1.75 bits per heavy atom. The van der Waals surface area contributed by atoms with Crippen LogP contribution >= 0.6 is 0 Å². The van der Waals surface area contributed by atoms with Gasteiger partial charge in [-0.2, -0.15) is 0 Å². The highest BCUT2D eigenvalue weighted by Crippen LogP contribution is 2.05. The second kappa shape index (κ2) is 7.09. The first-order chi connectivity index (χ1) is 7.32. The summed E-state index contributed by atoms with van der Waals surface area (Å²) in [6.07, 6.45) is -0.270. The van der Waals surface area contributed by atoms with Crippen molar-refractivity contribution in [3.05, 3.63) is 0 Å². The molecule has 0 aliphatic carbocycles. The first-order valence-corrected chi connectivity index (χ1v) is 5.49. The monoisotopic (exact) mass is 231 g/mol. The van der Waals surface area contributed by atoms with Gasteiger partial charge in [0.1, 0.15) is 6.04 Å². The third-order valence-electron chi connectivity index (χ3n) is 1.85. The minimum atomic E-state index is -1.03. The molecule has 0 radical (unpaired) electrons. The van der Waals surface area contributed by atoms with E-state index in [1.54, 1.807) is 0 Å². The minimum absolute atomic E-state index is 0.200. The molecule has 0 bridgehead atoms. The number of nitrogens with one attached hydrogen (secondary N) is 1. The van der Waals surface area contributed by atoms with Crippen LogP contribution in [0.25, 0.3) is 0 Å². The highest BCUT2D eigenvalue weighted by atomic mass is 16.5. The van der Waals surface area contributed by atoms with Crippen LogP contribution in [0.2, 0.25) is 0 Å². The molecule has 0 spiro atoms. The zero-order valence-corrected chi connectivity index (χ0v) is 10.3. The maximum absolute atomic E-state index is 11.2. The van der Waals surface area contributed by atoms with Gasteiger partial charge in [0.15, 0.2) is 0 Å². The number of carbonyl (C=O) groups excluding carboxylic acids is 1. The Hall–Kier alpha value is -1.26. The molecule has 0 aliphatic heterocycles. The molecule has 0 aromatic rings. The van der Waals surface area contributed by atoms with Crippen molar-refractivity contribution >= 4 is 12.1 Å². The number of amides is 1. The van der Waals surface area contributed by atoms with Crippen molar-refractivity contribution in [3.8, 4) is 0 Å². The van der Waals surface area contributed by atoms with Crippen LogP contribution in [0.4, 0.5) is 4.79 Å². The highest BCUT2D eigenvalue weighted by molar-refractivity contribution is 5.79. The fourth-order valence-electron chi connectivity index (χ4n) is 1.12. The number of hydrogen-bond donors (Lipinski definition) is 2. The van der Waals surface area contributed by atoms with Crippen LogP contribution in [-0.2, 0) is 9.53 Å². The number of ether oxygens (including phenoxy) is 1. The summed E-state index contributed by atoms with van der Waals surface area (Å²) >= 11 is 0. The first-order valence-electron chi connectivity index (χ1n) is 5.49. The van der Waals surface area contributed by atoms with Gasteiger partial charge >= 0.3 is 12.1 Å². The van der Waals surface area contributed by atoms with Crippen molar-refractivity contribution in [2.45, 2.75) is 40.2 Å². The quantitative estimate of drug-likeness (QED) is 0.731. The Labute approximate surface area is 96.2 Å². The maximum atomic E-state index is 11.2. The summed E-state index contributed by atoms with van der Waals surface area (Å²) in [5, 5.41) is 11.2. The zero-order chi connectivity index (χ0) is 12.7. The fourth-order valence-corrected chi connectivity index (χ4v) is 1.12. The number of alkyl carbamates (subject to hydrolysis) is 1. The zero-order valence-electron chi connectivity index (χ0n) is 10.3.